The molecule has 0 aromatic heterocycles. The van der Waals surface area contributed by atoms with Crippen LogP contribution in [-0.2, 0) is 19.3 Å². The van der Waals surface area contributed by atoms with E-state index in [4.69, 9.17) is 9.47 Å². The summed E-state index contributed by atoms with van der Waals surface area (Å²) in [5.41, 5.74) is -5.24. The van der Waals surface area contributed by atoms with Gasteiger partial charge in [0.05, 0.1) is 18.1 Å². The summed E-state index contributed by atoms with van der Waals surface area (Å²) in [5.74, 6) is -0.316. The van der Waals surface area contributed by atoms with Gasteiger partial charge in [-0.05, 0) is 37.1 Å². The van der Waals surface area contributed by atoms with E-state index in [9.17, 15) is 26.4 Å². The number of alkyl halides is 3. The highest BCUT2D eigenvalue weighted by atomic mass is 32.2. The average Bonchev–Trinajstić information content (AvgIpc) is 3.15. The smallest absolute Gasteiger partial charge is 0.350 e. The number of rotatable bonds is 3. The van der Waals surface area contributed by atoms with E-state index in [1.165, 1.54) is 0 Å². The zero-order valence-corrected chi connectivity index (χ0v) is 14.6. The van der Waals surface area contributed by atoms with E-state index in [0.29, 0.717) is 26.3 Å². The topological polar surface area (TPSA) is 72.9 Å². The van der Waals surface area contributed by atoms with Crippen LogP contribution < -0.4 is 0 Å². The maximum atomic E-state index is 12.6. The van der Waals surface area contributed by atoms with Crippen LogP contribution in [0.1, 0.15) is 23.2 Å². The molecule has 2 fully saturated rings. The van der Waals surface area contributed by atoms with Gasteiger partial charge in [0.2, 0.25) is 0 Å². The Morgan fingerprint density at radius 1 is 1.12 bits per heavy atom. The van der Waals surface area contributed by atoms with Crippen LogP contribution in [0.4, 0.5) is 13.2 Å². The maximum Gasteiger partial charge on any atom is 0.501 e. The molecule has 1 aromatic rings. The van der Waals surface area contributed by atoms with Gasteiger partial charge in [0.25, 0.3) is 15.7 Å². The summed E-state index contributed by atoms with van der Waals surface area (Å²) >= 11 is 0. The van der Waals surface area contributed by atoms with Gasteiger partial charge in [-0.3, -0.25) is 4.79 Å². The van der Waals surface area contributed by atoms with Crippen LogP contribution in [-0.4, -0.2) is 57.3 Å². The summed E-state index contributed by atoms with van der Waals surface area (Å²) < 4.78 is 71.4. The number of likely N-dealkylation sites (tertiary alicyclic amines) is 1. The molecule has 3 rings (SSSR count). The van der Waals surface area contributed by atoms with E-state index in [1.807, 2.05) is 0 Å². The zero-order chi connectivity index (χ0) is 18.9. The summed E-state index contributed by atoms with van der Waals surface area (Å²) in [7, 11) is -5.42. The van der Waals surface area contributed by atoms with Gasteiger partial charge in [0, 0.05) is 24.6 Å². The lowest BCUT2D eigenvalue weighted by atomic mass is 9.96. The average molecular weight is 393 g/mol. The minimum absolute atomic E-state index is 0.0417. The summed E-state index contributed by atoms with van der Waals surface area (Å²) in [6, 6.07) is 3.82. The molecule has 1 amide bonds. The van der Waals surface area contributed by atoms with Crippen molar-refractivity contribution < 1.29 is 35.9 Å². The normalized spacial score (nSPS) is 22.6. The molecule has 1 aromatic carbocycles. The monoisotopic (exact) mass is 393 g/mol. The molecule has 0 radical (unpaired) electrons. The van der Waals surface area contributed by atoms with Gasteiger partial charge in [0.15, 0.2) is 6.29 Å². The number of carbonyl (C=O) groups is 1. The van der Waals surface area contributed by atoms with Gasteiger partial charge in [-0.1, -0.05) is 0 Å². The molecule has 0 bridgehead atoms. The van der Waals surface area contributed by atoms with Gasteiger partial charge in [-0.15, -0.1) is 0 Å². The molecule has 0 aliphatic carbocycles. The molecule has 0 N–H and O–H groups in total. The molecule has 2 aliphatic rings. The Kier molecular flexibility index (Phi) is 5.27. The molecule has 2 aliphatic heterocycles. The van der Waals surface area contributed by atoms with Crippen molar-refractivity contribution in [2.75, 3.05) is 26.3 Å². The molecular formula is C16H18F3NO5S. The Balaban J connectivity index is 1.72. The Hall–Kier alpha value is -1.65. The van der Waals surface area contributed by atoms with Crippen molar-refractivity contribution >= 4 is 15.7 Å². The van der Waals surface area contributed by atoms with Crippen LogP contribution in [0.25, 0.3) is 0 Å². The second-order valence-corrected chi connectivity index (χ2v) is 8.18. The fourth-order valence-electron chi connectivity index (χ4n) is 3.16. The predicted molar refractivity (Wildman–Crippen MR) is 84.0 cm³/mol. The number of ether oxygens (including phenoxy) is 2. The Labute approximate surface area is 148 Å². The molecule has 0 saturated carbocycles. The summed E-state index contributed by atoms with van der Waals surface area (Å²) in [5, 5.41) is 0. The van der Waals surface area contributed by atoms with Crippen molar-refractivity contribution in [2.24, 2.45) is 5.92 Å². The van der Waals surface area contributed by atoms with Crippen molar-refractivity contribution in [3.8, 4) is 0 Å². The van der Waals surface area contributed by atoms with E-state index < -0.39 is 20.2 Å². The van der Waals surface area contributed by atoms with E-state index in [2.05, 4.69) is 0 Å². The van der Waals surface area contributed by atoms with Crippen molar-refractivity contribution in [1.29, 1.82) is 0 Å². The molecule has 0 spiro atoms. The van der Waals surface area contributed by atoms with E-state index >= 15 is 0 Å². The van der Waals surface area contributed by atoms with Crippen molar-refractivity contribution in [1.82, 2.24) is 4.90 Å². The van der Waals surface area contributed by atoms with Crippen LogP contribution in [0.15, 0.2) is 29.2 Å². The van der Waals surface area contributed by atoms with Gasteiger partial charge in [-0.2, -0.15) is 13.2 Å². The number of nitrogens with zero attached hydrogens (tertiary/aromatic N) is 1. The number of hydrogen-bond acceptors (Lipinski definition) is 5. The second kappa shape index (κ2) is 7.16. The predicted octanol–water partition coefficient (Wildman–Crippen LogP) is 2.21. The first kappa shape index (κ1) is 19.1. The standard InChI is InChI=1S/C16H18F3NO5S/c17-16(18,19)26(22,23)13-5-3-11(4-6-13)14(21)20-7-1-2-12(10-20)15-24-8-9-25-15/h3-6,12,15H,1-2,7-10H2. The Morgan fingerprint density at radius 2 is 1.73 bits per heavy atom. The van der Waals surface area contributed by atoms with Crippen molar-refractivity contribution in [2.45, 2.75) is 29.5 Å². The quantitative estimate of drug-likeness (QED) is 0.787. The van der Waals surface area contributed by atoms with Crippen LogP contribution in [0.3, 0.4) is 0 Å². The fraction of sp³-hybridized carbons (Fsp3) is 0.562. The number of hydrogen-bond donors (Lipinski definition) is 0. The molecule has 10 heteroatoms. The number of halogens is 3. The number of sulfone groups is 1. The summed E-state index contributed by atoms with van der Waals surface area (Å²) in [6.45, 7) is 1.98. The number of amides is 1. The van der Waals surface area contributed by atoms with Crippen LogP contribution in [0.5, 0.6) is 0 Å². The third-order valence-corrected chi connectivity index (χ3v) is 6.00. The van der Waals surface area contributed by atoms with E-state index in [-0.39, 0.29) is 23.7 Å². The number of carbonyl (C=O) groups excluding carboxylic acids is 1. The van der Waals surface area contributed by atoms with Crippen LogP contribution >= 0.6 is 0 Å². The Morgan fingerprint density at radius 3 is 2.31 bits per heavy atom. The van der Waals surface area contributed by atoms with E-state index in [0.717, 1.165) is 37.1 Å². The molecule has 6 nitrogen and oxygen atoms in total. The third-order valence-electron chi connectivity index (χ3n) is 4.49. The molecular weight excluding hydrogens is 375 g/mol. The molecule has 1 atom stereocenters. The lowest BCUT2D eigenvalue weighted by Gasteiger charge is -2.34. The molecule has 2 saturated heterocycles. The maximum absolute atomic E-state index is 12.6. The van der Waals surface area contributed by atoms with Gasteiger partial charge < -0.3 is 14.4 Å². The van der Waals surface area contributed by atoms with Gasteiger partial charge in [0.1, 0.15) is 0 Å². The second-order valence-electron chi connectivity index (χ2n) is 6.24. The first-order valence-corrected chi connectivity index (χ1v) is 9.62. The zero-order valence-electron chi connectivity index (χ0n) is 13.7. The van der Waals surface area contributed by atoms with Crippen LogP contribution in [0, 0.1) is 5.92 Å². The molecule has 2 heterocycles. The minimum atomic E-state index is -5.42. The molecule has 144 valence electrons. The lowest BCUT2D eigenvalue weighted by Crippen LogP contribution is -2.43. The largest absolute Gasteiger partial charge is 0.501 e. The van der Waals surface area contributed by atoms with Crippen LogP contribution in [0.2, 0.25) is 0 Å². The van der Waals surface area contributed by atoms with E-state index in [1.54, 1.807) is 4.90 Å². The van der Waals surface area contributed by atoms with Gasteiger partial charge in [-0.25, -0.2) is 8.42 Å². The molecule has 1 unspecified atom stereocenters. The Bertz CT molecular complexity index is 757. The summed E-state index contributed by atoms with van der Waals surface area (Å²) in [4.78, 5) is 13.3. The summed E-state index contributed by atoms with van der Waals surface area (Å²) in [6.07, 6.45) is 1.28. The minimum Gasteiger partial charge on any atom is -0.350 e. The highest BCUT2D eigenvalue weighted by Crippen LogP contribution is 2.31. The lowest BCUT2D eigenvalue weighted by molar-refractivity contribution is -0.0969. The fourth-order valence-corrected chi connectivity index (χ4v) is 3.92. The SMILES string of the molecule is O=C(c1ccc(S(=O)(=O)C(F)(F)F)cc1)N1CCCC(C2OCCO2)C1. The van der Waals surface area contributed by atoms with Crippen molar-refractivity contribution in [3.63, 3.8) is 0 Å². The third kappa shape index (κ3) is 3.72. The first-order valence-electron chi connectivity index (χ1n) is 8.14. The van der Waals surface area contributed by atoms with Crippen molar-refractivity contribution in [3.05, 3.63) is 29.8 Å². The highest BCUT2D eigenvalue weighted by Gasteiger charge is 2.46. The number of benzene rings is 1. The highest BCUT2D eigenvalue weighted by molar-refractivity contribution is 7.92. The number of piperidine rings is 1. The first-order chi connectivity index (χ1) is 12.2. The van der Waals surface area contributed by atoms with Gasteiger partial charge >= 0.3 is 5.51 Å². The molecule has 26 heavy (non-hydrogen) atoms.